The molecule has 1 atom stereocenters. The quantitative estimate of drug-likeness (QED) is 0.748. The lowest BCUT2D eigenvalue weighted by Crippen LogP contribution is -2.38. The third-order valence-electron chi connectivity index (χ3n) is 4.52. The number of halogens is 1. The van der Waals surface area contributed by atoms with Crippen molar-refractivity contribution >= 4 is 5.91 Å². The molecule has 1 amide bonds. The maximum absolute atomic E-state index is 13.6. The molecule has 0 bridgehead atoms. The molecule has 3 rings (SSSR count). The SMILES string of the molecule is CCCn1nc(C(=O)N(Cc2cccc(F)c2)C[C@@H]2CCCO2)ccc1=O. The van der Waals surface area contributed by atoms with Gasteiger partial charge >= 0.3 is 0 Å². The van der Waals surface area contributed by atoms with Crippen LogP contribution in [0.15, 0.2) is 41.2 Å². The van der Waals surface area contributed by atoms with Gasteiger partial charge in [0.2, 0.25) is 0 Å². The molecule has 2 heterocycles. The summed E-state index contributed by atoms with van der Waals surface area (Å²) in [5.74, 6) is -0.633. The van der Waals surface area contributed by atoms with E-state index in [1.54, 1.807) is 17.0 Å². The van der Waals surface area contributed by atoms with Crippen LogP contribution in [0.4, 0.5) is 4.39 Å². The minimum Gasteiger partial charge on any atom is -0.376 e. The fraction of sp³-hybridized carbons (Fsp3) is 0.450. The van der Waals surface area contributed by atoms with Crippen LogP contribution in [0.2, 0.25) is 0 Å². The first-order valence-corrected chi connectivity index (χ1v) is 9.30. The highest BCUT2D eigenvalue weighted by Gasteiger charge is 2.25. The Bertz CT molecular complexity index is 846. The standard InChI is InChI=1S/C20H24FN3O3/c1-2-10-24-19(25)9-8-18(22-24)20(26)23(14-17-7-4-11-27-17)13-15-5-3-6-16(21)12-15/h3,5-6,8-9,12,17H,2,4,7,10-11,13-14H2,1H3/t17-/m0/s1. The molecule has 144 valence electrons. The number of ether oxygens (including phenoxy) is 1. The summed E-state index contributed by atoms with van der Waals surface area (Å²) in [6.07, 6.45) is 2.55. The number of nitrogens with zero attached hydrogens (tertiary/aromatic N) is 3. The summed E-state index contributed by atoms with van der Waals surface area (Å²) in [6.45, 7) is 3.74. The topological polar surface area (TPSA) is 64.4 Å². The van der Waals surface area contributed by atoms with E-state index in [9.17, 15) is 14.0 Å². The van der Waals surface area contributed by atoms with Crippen LogP contribution in [0.25, 0.3) is 0 Å². The molecular weight excluding hydrogens is 349 g/mol. The molecule has 1 aliphatic rings. The largest absolute Gasteiger partial charge is 0.376 e. The molecule has 27 heavy (non-hydrogen) atoms. The second kappa shape index (κ2) is 8.90. The van der Waals surface area contributed by atoms with E-state index in [0.29, 0.717) is 25.3 Å². The molecule has 1 fully saturated rings. The zero-order chi connectivity index (χ0) is 19.2. The molecule has 1 aliphatic heterocycles. The molecule has 0 spiro atoms. The Morgan fingerprint density at radius 1 is 1.37 bits per heavy atom. The van der Waals surface area contributed by atoms with Gasteiger partial charge in [0.05, 0.1) is 6.10 Å². The molecule has 6 nitrogen and oxygen atoms in total. The van der Waals surface area contributed by atoms with Crippen molar-refractivity contribution in [2.75, 3.05) is 13.2 Å². The van der Waals surface area contributed by atoms with Crippen molar-refractivity contribution in [2.24, 2.45) is 0 Å². The smallest absolute Gasteiger partial charge is 0.274 e. The first kappa shape index (κ1) is 19.2. The maximum Gasteiger partial charge on any atom is 0.274 e. The van der Waals surface area contributed by atoms with Gasteiger partial charge in [-0.2, -0.15) is 5.10 Å². The van der Waals surface area contributed by atoms with Gasteiger partial charge in [-0.25, -0.2) is 9.07 Å². The molecule has 7 heteroatoms. The maximum atomic E-state index is 13.6. The summed E-state index contributed by atoms with van der Waals surface area (Å²) >= 11 is 0. The fourth-order valence-electron chi connectivity index (χ4n) is 3.21. The summed E-state index contributed by atoms with van der Waals surface area (Å²) in [5, 5.41) is 4.21. The number of carbonyl (C=O) groups is 1. The molecule has 1 saturated heterocycles. The van der Waals surface area contributed by atoms with Gasteiger partial charge in [-0.3, -0.25) is 9.59 Å². The lowest BCUT2D eigenvalue weighted by Gasteiger charge is -2.25. The van der Waals surface area contributed by atoms with Crippen molar-refractivity contribution in [3.05, 3.63) is 63.8 Å². The highest BCUT2D eigenvalue weighted by Crippen LogP contribution is 2.17. The first-order valence-electron chi connectivity index (χ1n) is 9.30. The second-order valence-corrected chi connectivity index (χ2v) is 6.73. The number of hydrogen-bond donors (Lipinski definition) is 0. The zero-order valence-electron chi connectivity index (χ0n) is 15.4. The Hall–Kier alpha value is -2.54. The van der Waals surface area contributed by atoms with Crippen molar-refractivity contribution in [1.29, 1.82) is 0 Å². The lowest BCUT2D eigenvalue weighted by molar-refractivity contribution is 0.0500. The van der Waals surface area contributed by atoms with Crippen LogP contribution in [0.3, 0.4) is 0 Å². The minimum atomic E-state index is -0.341. The second-order valence-electron chi connectivity index (χ2n) is 6.73. The molecule has 0 radical (unpaired) electrons. The van der Waals surface area contributed by atoms with Crippen molar-refractivity contribution in [3.8, 4) is 0 Å². The van der Waals surface area contributed by atoms with Crippen LogP contribution < -0.4 is 5.56 Å². The van der Waals surface area contributed by atoms with Crippen LogP contribution in [0.5, 0.6) is 0 Å². The summed E-state index contributed by atoms with van der Waals surface area (Å²) in [6, 6.07) is 9.01. The molecule has 0 N–H and O–H groups in total. The fourth-order valence-corrected chi connectivity index (χ4v) is 3.21. The predicted molar refractivity (Wildman–Crippen MR) is 98.9 cm³/mol. The van der Waals surface area contributed by atoms with E-state index in [1.807, 2.05) is 6.92 Å². The molecular formula is C20H24FN3O3. The lowest BCUT2D eigenvalue weighted by atomic mass is 10.1. The molecule has 2 aromatic rings. The molecule has 0 aliphatic carbocycles. The van der Waals surface area contributed by atoms with E-state index in [1.165, 1.54) is 28.9 Å². The third kappa shape index (κ3) is 5.01. The number of hydrogen-bond acceptors (Lipinski definition) is 4. The third-order valence-corrected chi connectivity index (χ3v) is 4.52. The first-order chi connectivity index (χ1) is 13.1. The number of aryl methyl sites for hydroxylation is 1. The highest BCUT2D eigenvalue weighted by atomic mass is 19.1. The van der Waals surface area contributed by atoms with E-state index in [4.69, 9.17) is 4.74 Å². The van der Waals surface area contributed by atoms with E-state index in [2.05, 4.69) is 5.10 Å². The van der Waals surface area contributed by atoms with Crippen molar-refractivity contribution in [2.45, 2.75) is 45.4 Å². The molecule has 0 saturated carbocycles. The van der Waals surface area contributed by atoms with Gasteiger partial charge in [-0.05, 0) is 43.0 Å². The van der Waals surface area contributed by atoms with Gasteiger partial charge in [0.1, 0.15) is 11.5 Å². The van der Waals surface area contributed by atoms with Gasteiger partial charge in [0.25, 0.3) is 11.5 Å². The Morgan fingerprint density at radius 3 is 2.93 bits per heavy atom. The number of carbonyl (C=O) groups excluding carboxylic acids is 1. The van der Waals surface area contributed by atoms with Crippen LogP contribution in [0.1, 0.15) is 42.2 Å². The number of amides is 1. The number of aromatic nitrogens is 2. The normalized spacial score (nSPS) is 16.4. The van der Waals surface area contributed by atoms with Crippen molar-refractivity contribution < 1.29 is 13.9 Å². The van der Waals surface area contributed by atoms with Gasteiger partial charge in [-0.15, -0.1) is 0 Å². The Morgan fingerprint density at radius 2 is 2.22 bits per heavy atom. The summed E-state index contributed by atoms with van der Waals surface area (Å²) < 4.78 is 20.5. The average molecular weight is 373 g/mol. The molecule has 1 aromatic carbocycles. The van der Waals surface area contributed by atoms with Crippen molar-refractivity contribution in [1.82, 2.24) is 14.7 Å². The Balaban J connectivity index is 1.85. The average Bonchev–Trinajstić information content (AvgIpc) is 3.16. The van der Waals surface area contributed by atoms with Gasteiger partial charge in [0, 0.05) is 32.3 Å². The van der Waals surface area contributed by atoms with Gasteiger partial charge in [0.15, 0.2) is 0 Å². The molecule has 0 unspecified atom stereocenters. The van der Waals surface area contributed by atoms with Gasteiger partial charge < -0.3 is 9.64 Å². The Labute approximate surface area is 157 Å². The highest BCUT2D eigenvalue weighted by molar-refractivity contribution is 5.92. The van der Waals surface area contributed by atoms with E-state index in [0.717, 1.165) is 19.3 Å². The van der Waals surface area contributed by atoms with Gasteiger partial charge in [-0.1, -0.05) is 19.1 Å². The minimum absolute atomic E-state index is 0.0379. The van der Waals surface area contributed by atoms with E-state index < -0.39 is 0 Å². The van der Waals surface area contributed by atoms with Crippen LogP contribution in [-0.2, 0) is 17.8 Å². The van der Waals surface area contributed by atoms with Crippen LogP contribution in [0, 0.1) is 5.82 Å². The summed E-state index contributed by atoms with van der Waals surface area (Å²) in [5.41, 5.74) is 0.671. The van der Waals surface area contributed by atoms with Crippen LogP contribution >= 0.6 is 0 Å². The van der Waals surface area contributed by atoms with E-state index >= 15 is 0 Å². The van der Waals surface area contributed by atoms with Crippen molar-refractivity contribution in [3.63, 3.8) is 0 Å². The summed E-state index contributed by atoms with van der Waals surface area (Å²) in [4.78, 5) is 26.6. The van der Waals surface area contributed by atoms with E-state index in [-0.39, 0.29) is 35.6 Å². The summed E-state index contributed by atoms with van der Waals surface area (Å²) in [7, 11) is 0. The number of rotatable bonds is 7. The monoisotopic (exact) mass is 373 g/mol. The molecule has 1 aromatic heterocycles. The predicted octanol–water partition coefficient (Wildman–Crippen LogP) is 2.61. The van der Waals surface area contributed by atoms with Crippen LogP contribution in [-0.4, -0.2) is 39.8 Å². The number of benzene rings is 1. The zero-order valence-corrected chi connectivity index (χ0v) is 15.4. The Kier molecular flexibility index (Phi) is 6.34.